The molecule has 72 valence electrons. The van der Waals surface area contributed by atoms with Gasteiger partial charge in [-0.25, -0.2) is 0 Å². The summed E-state index contributed by atoms with van der Waals surface area (Å²) in [5, 5.41) is 1.97. The number of rotatable bonds is 4. The predicted octanol–water partition coefficient (Wildman–Crippen LogP) is 1.18. The molecule has 0 spiro atoms. The van der Waals surface area contributed by atoms with Crippen LogP contribution in [-0.4, -0.2) is 18.6 Å². The molecule has 1 heterocycles. The summed E-state index contributed by atoms with van der Waals surface area (Å²) in [6.45, 7) is 2.16. The van der Waals surface area contributed by atoms with Gasteiger partial charge in [0.1, 0.15) is 6.04 Å². The Bertz CT molecular complexity index is 259. The van der Waals surface area contributed by atoms with Gasteiger partial charge in [-0.05, 0) is 18.4 Å². The SMILES string of the molecule is CCOC(=O)C(N)Cc1cccs1. The Morgan fingerprint density at radius 3 is 3.08 bits per heavy atom. The van der Waals surface area contributed by atoms with Crippen LogP contribution >= 0.6 is 11.3 Å². The second-order valence-electron chi connectivity index (χ2n) is 2.64. The minimum absolute atomic E-state index is 0.323. The first-order valence-corrected chi connectivity index (χ1v) is 5.06. The monoisotopic (exact) mass is 199 g/mol. The van der Waals surface area contributed by atoms with Crippen molar-refractivity contribution in [3.63, 3.8) is 0 Å². The topological polar surface area (TPSA) is 52.3 Å². The van der Waals surface area contributed by atoms with Gasteiger partial charge in [-0.3, -0.25) is 4.79 Å². The normalized spacial score (nSPS) is 12.5. The summed E-state index contributed by atoms with van der Waals surface area (Å²) in [4.78, 5) is 12.2. The third-order valence-electron chi connectivity index (χ3n) is 1.59. The highest BCUT2D eigenvalue weighted by Crippen LogP contribution is 2.10. The average Bonchev–Trinajstić information content (AvgIpc) is 2.57. The molecule has 1 unspecified atom stereocenters. The zero-order valence-corrected chi connectivity index (χ0v) is 8.34. The standard InChI is InChI=1S/C9H13NO2S/c1-2-12-9(11)8(10)6-7-4-3-5-13-7/h3-5,8H,2,6,10H2,1H3. The van der Waals surface area contributed by atoms with Gasteiger partial charge in [0.2, 0.25) is 0 Å². The van der Waals surface area contributed by atoms with Crippen molar-refractivity contribution in [3.8, 4) is 0 Å². The number of hydrogen-bond donors (Lipinski definition) is 1. The van der Waals surface area contributed by atoms with Gasteiger partial charge in [-0.1, -0.05) is 6.07 Å². The van der Waals surface area contributed by atoms with Gasteiger partial charge in [0.25, 0.3) is 0 Å². The number of nitrogens with two attached hydrogens (primary N) is 1. The lowest BCUT2D eigenvalue weighted by atomic mass is 10.2. The van der Waals surface area contributed by atoms with Crippen molar-refractivity contribution < 1.29 is 9.53 Å². The molecule has 0 fully saturated rings. The van der Waals surface area contributed by atoms with Crippen molar-refractivity contribution in [2.45, 2.75) is 19.4 Å². The summed E-state index contributed by atoms with van der Waals surface area (Å²) in [5.41, 5.74) is 5.63. The Hall–Kier alpha value is -0.870. The van der Waals surface area contributed by atoms with Crippen LogP contribution in [0.3, 0.4) is 0 Å². The average molecular weight is 199 g/mol. The molecule has 0 aliphatic rings. The van der Waals surface area contributed by atoms with Crippen molar-refractivity contribution in [3.05, 3.63) is 22.4 Å². The summed E-state index contributed by atoms with van der Waals surface area (Å²) in [6.07, 6.45) is 0.566. The Balaban J connectivity index is 2.41. The fourth-order valence-electron chi connectivity index (χ4n) is 0.978. The van der Waals surface area contributed by atoms with Crippen molar-refractivity contribution in [2.75, 3.05) is 6.61 Å². The molecule has 13 heavy (non-hydrogen) atoms. The highest BCUT2D eigenvalue weighted by molar-refractivity contribution is 7.09. The molecule has 1 aromatic rings. The quantitative estimate of drug-likeness (QED) is 0.741. The van der Waals surface area contributed by atoms with Gasteiger partial charge < -0.3 is 10.5 Å². The second kappa shape index (κ2) is 4.99. The van der Waals surface area contributed by atoms with Crippen LogP contribution in [0.15, 0.2) is 17.5 Å². The molecule has 0 radical (unpaired) electrons. The molecule has 3 nitrogen and oxygen atoms in total. The molecule has 0 aromatic carbocycles. The predicted molar refractivity (Wildman–Crippen MR) is 52.6 cm³/mol. The van der Waals surface area contributed by atoms with E-state index in [9.17, 15) is 4.79 Å². The maximum absolute atomic E-state index is 11.1. The van der Waals surface area contributed by atoms with Crippen molar-refractivity contribution in [2.24, 2.45) is 5.73 Å². The summed E-state index contributed by atoms with van der Waals surface area (Å²) in [5.74, 6) is -0.323. The van der Waals surface area contributed by atoms with E-state index in [1.807, 2.05) is 17.5 Å². The van der Waals surface area contributed by atoms with E-state index in [4.69, 9.17) is 10.5 Å². The largest absolute Gasteiger partial charge is 0.465 e. The Labute approximate surface area is 81.5 Å². The lowest BCUT2D eigenvalue weighted by molar-refractivity contribution is -0.144. The zero-order valence-electron chi connectivity index (χ0n) is 7.53. The number of carbonyl (C=O) groups is 1. The van der Waals surface area contributed by atoms with E-state index < -0.39 is 6.04 Å². The second-order valence-corrected chi connectivity index (χ2v) is 3.67. The van der Waals surface area contributed by atoms with Gasteiger partial charge >= 0.3 is 5.97 Å². The fraction of sp³-hybridized carbons (Fsp3) is 0.444. The molecule has 0 saturated heterocycles. The molecule has 0 aliphatic heterocycles. The van der Waals surface area contributed by atoms with Crippen molar-refractivity contribution in [1.82, 2.24) is 0 Å². The third kappa shape index (κ3) is 3.16. The van der Waals surface area contributed by atoms with Gasteiger partial charge in [-0.15, -0.1) is 11.3 Å². The summed E-state index contributed by atoms with van der Waals surface area (Å²) in [7, 11) is 0. The number of thiophene rings is 1. The van der Waals surface area contributed by atoms with Crippen LogP contribution < -0.4 is 5.73 Å². The molecule has 1 rings (SSSR count). The Kier molecular flexibility index (Phi) is 3.92. The van der Waals surface area contributed by atoms with Gasteiger partial charge in [0, 0.05) is 11.3 Å². The molecule has 0 bridgehead atoms. The zero-order chi connectivity index (χ0) is 9.68. The maximum atomic E-state index is 11.1. The van der Waals surface area contributed by atoms with E-state index in [1.165, 1.54) is 0 Å². The third-order valence-corrected chi connectivity index (χ3v) is 2.49. The van der Waals surface area contributed by atoms with Crippen molar-refractivity contribution >= 4 is 17.3 Å². The van der Waals surface area contributed by atoms with E-state index in [1.54, 1.807) is 18.3 Å². The van der Waals surface area contributed by atoms with Gasteiger partial charge in [0.05, 0.1) is 6.61 Å². The summed E-state index contributed by atoms with van der Waals surface area (Å²) in [6, 6.07) is 3.38. The maximum Gasteiger partial charge on any atom is 0.323 e. The lowest BCUT2D eigenvalue weighted by Gasteiger charge is -2.08. The van der Waals surface area contributed by atoms with E-state index in [2.05, 4.69) is 0 Å². The van der Waals surface area contributed by atoms with Crippen LogP contribution in [0, 0.1) is 0 Å². The molecule has 2 N–H and O–H groups in total. The molecule has 0 aliphatic carbocycles. The lowest BCUT2D eigenvalue weighted by Crippen LogP contribution is -2.34. The minimum atomic E-state index is -0.529. The van der Waals surface area contributed by atoms with E-state index in [-0.39, 0.29) is 5.97 Å². The molecule has 1 atom stereocenters. The Morgan fingerprint density at radius 2 is 2.54 bits per heavy atom. The van der Waals surface area contributed by atoms with Crippen LogP contribution in [-0.2, 0) is 16.0 Å². The van der Waals surface area contributed by atoms with E-state index in [0.29, 0.717) is 13.0 Å². The summed E-state index contributed by atoms with van der Waals surface area (Å²) < 4.78 is 4.79. The summed E-state index contributed by atoms with van der Waals surface area (Å²) >= 11 is 1.60. The van der Waals surface area contributed by atoms with Crippen LogP contribution in [0.25, 0.3) is 0 Å². The highest BCUT2D eigenvalue weighted by atomic mass is 32.1. The Morgan fingerprint density at radius 1 is 1.77 bits per heavy atom. The number of esters is 1. The number of carbonyl (C=O) groups excluding carboxylic acids is 1. The first kappa shape index (κ1) is 10.2. The number of hydrogen-bond acceptors (Lipinski definition) is 4. The molecule has 4 heteroatoms. The van der Waals surface area contributed by atoms with Crippen molar-refractivity contribution in [1.29, 1.82) is 0 Å². The fourth-order valence-corrected chi connectivity index (χ4v) is 1.74. The van der Waals surface area contributed by atoms with Gasteiger partial charge in [0.15, 0.2) is 0 Å². The molecule has 1 aromatic heterocycles. The van der Waals surface area contributed by atoms with Crippen LogP contribution in [0.1, 0.15) is 11.8 Å². The molecule has 0 amide bonds. The molecular weight excluding hydrogens is 186 g/mol. The van der Waals surface area contributed by atoms with Gasteiger partial charge in [-0.2, -0.15) is 0 Å². The molecular formula is C9H13NO2S. The van der Waals surface area contributed by atoms with Crippen LogP contribution in [0.4, 0.5) is 0 Å². The van der Waals surface area contributed by atoms with Crippen LogP contribution in [0.2, 0.25) is 0 Å². The minimum Gasteiger partial charge on any atom is -0.465 e. The first-order chi connectivity index (χ1) is 6.24. The van der Waals surface area contributed by atoms with Crippen LogP contribution in [0.5, 0.6) is 0 Å². The molecule has 0 saturated carbocycles. The van der Waals surface area contributed by atoms with E-state index in [0.717, 1.165) is 4.88 Å². The number of ether oxygens (including phenoxy) is 1. The van der Waals surface area contributed by atoms with E-state index >= 15 is 0 Å². The highest BCUT2D eigenvalue weighted by Gasteiger charge is 2.14. The first-order valence-electron chi connectivity index (χ1n) is 4.18. The smallest absolute Gasteiger partial charge is 0.323 e.